The molecule has 0 radical (unpaired) electrons. The Morgan fingerprint density at radius 3 is 2.72 bits per heavy atom. The number of ether oxygens (including phenoxy) is 1. The molecule has 0 heterocycles. The van der Waals surface area contributed by atoms with Crippen LogP contribution in [-0.2, 0) is 4.74 Å². The second-order valence-corrected chi connectivity index (χ2v) is 5.04. The highest BCUT2D eigenvalue weighted by atomic mass is 35.5. The van der Waals surface area contributed by atoms with Crippen LogP contribution in [0.5, 0.6) is 0 Å². The third-order valence-electron chi connectivity index (χ3n) is 3.37. The first-order valence-corrected chi connectivity index (χ1v) is 6.73. The summed E-state index contributed by atoms with van der Waals surface area (Å²) in [5.74, 6) is -0.351. The van der Waals surface area contributed by atoms with Gasteiger partial charge in [0.15, 0.2) is 0 Å². The van der Waals surface area contributed by atoms with Gasteiger partial charge in [0.1, 0.15) is 0 Å². The highest BCUT2D eigenvalue weighted by Crippen LogP contribution is 2.30. The van der Waals surface area contributed by atoms with E-state index in [1.54, 1.807) is 18.2 Å². The Kier molecular flexibility index (Phi) is 4.48. The predicted molar refractivity (Wildman–Crippen MR) is 73.3 cm³/mol. The minimum atomic E-state index is -0.351. The van der Waals surface area contributed by atoms with Crippen molar-refractivity contribution in [3.8, 4) is 0 Å². The Balaban J connectivity index is 2.21. The van der Waals surface area contributed by atoms with Crippen LogP contribution in [0.4, 0.5) is 5.69 Å². The maximum absolute atomic E-state index is 11.7. The number of hydrogen-bond acceptors (Lipinski definition) is 3. The number of benzene rings is 1. The number of hydrogen-bond donors (Lipinski definition) is 1. The van der Waals surface area contributed by atoms with Crippen LogP contribution in [-0.4, -0.2) is 19.1 Å². The predicted octanol–water partition coefficient (Wildman–Crippen LogP) is 3.87. The van der Waals surface area contributed by atoms with Gasteiger partial charge in [0.25, 0.3) is 0 Å². The van der Waals surface area contributed by atoms with Gasteiger partial charge in [-0.15, -0.1) is 0 Å². The van der Waals surface area contributed by atoms with E-state index < -0.39 is 0 Å². The molecule has 18 heavy (non-hydrogen) atoms. The van der Waals surface area contributed by atoms with Crippen molar-refractivity contribution in [1.82, 2.24) is 0 Å². The van der Waals surface area contributed by atoms with Crippen LogP contribution in [0.1, 0.15) is 42.5 Å². The third-order valence-corrected chi connectivity index (χ3v) is 3.69. The summed E-state index contributed by atoms with van der Waals surface area (Å²) in [7, 11) is 1.38. The van der Waals surface area contributed by atoms with Gasteiger partial charge in [-0.1, -0.05) is 36.9 Å². The van der Waals surface area contributed by atoms with E-state index in [4.69, 9.17) is 16.3 Å². The molecular formula is C14H18ClNO2. The molecule has 1 fully saturated rings. The number of rotatable bonds is 3. The lowest BCUT2D eigenvalue weighted by Crippen LogP contribution is -2.23. The third kappa shape index (κ3) is 2.96. The molecule has 0 saturated heterocycles. The number of carbonyl (C=O) groups excluding carboxylic acids is 1. The van der Waals surface area contributed by atoms with Crippen LogP contribution in [0, 0.1) is 0 Å². The van der Waals surface area contributed by atoms with Gasteiger partial charge in [0, 0.05) is 6.04 Å². The van der Waals surface area contributed by atoms with Crippen molar-refractivity contribution in [2.24, 2.45) is 0 Å². The second kappa shape index (κ2) is 6.10. The molecule has 1 saturated carbocycles. The van der Waals surface area contributed by atoms with Gasteiger partial charge in [-0.3, -0.25) is 0 Å². The maximum Gasteiger partial charge on any atom is 0.340 e. The Hall–Kier alpha value is -1.22. The number of para-hydroxylation sites is 1. The summed E-state index contributed by atoms with van der Waals surface area (Å²) >= 11 is 6.18. The number of carbonyl (C=O) groups is 1. The monoisotopic (exact) mass is 267 g/mol. The first kappa shape index (κ1) is 13.2. The quantitative estimate of drug-likeness (QED) is 0.845. The van der Waals surface area contributed by atoms with Crippen molar-refractivity contribution in [3.63, 3.8) is 0 Å². The lowest BCUT2D eigenvalue weighted by Gasteiger charge is -2.25. The summed E-state index contributed by atoms with van der Waals surface area (Å²) in [6.45, 7) is 0. The molecule has 0 aliphatic heterocycles. The van der Waals surface area contributed by atoms with Crippen molar-refractivity contribution >= 4 is 23.3 Å². The van der Waals surface area contributed by atoms with E-state index in [0.717, 1.165) is 12.8 Å². The van der Waals surface area contributed by atoms with Gasteiger partial charge in [-0.05, 0) is 25.0 Å². The number of methoxy groups -OCH3 is 1. The van der Waals surface area contributed by atoms with Crippen molar-refractivity contribution < 1.29 is 9.53 Å². The average molecular weight is 268 g/mol. The van der Waals surface area contributed by atoms with E-state index in [-0.39, 0.29) is 5.97 Å². The molecular weight excluding hydrogens is 250 g/mol. The topological polar surface area (TPSA) is 38.3 Å². The molecule has 1 aliphatic carbocycles. The van der Waals surface area contributed by atoms with Crippen LogP contribution in [0.15, 0.2) is 18.2 Å². The number of halogens is 1. The van der Waals surface area contributed by atoms with Crippen molar-refractivity contribution in [3.05, 3.63) is 28.8 Å². The smallest absolute Gasteiger partial charge is 0.340 e. The molecule has 3 nitrogen and oxygen atoms in total. The fourth-order valence-corrected chi connectivity index (χ4v) is 2.63. The van der Waals surface area contributed by atoms with Crippen LogP contribution in [0.2, 0.25) is 5.02 Å². The Bertz CT molecular complexity index is 428. The van der Waals surface area contributed by atoms with Gasteiger partial charge < -0.3 is 10.1 Å². The fraction of sp³-hybridized carbons (Fsp3) is 0.500. The Labute approximate surface area is 112 Å². The standard InChI is InChI=1S/C14H18ClNO2/c1-18-14(17)11-8-5-9-12(15)13(11)16-10-6-3-2-4-7-10/h5,8-10,16H,2-4,6-7H2,1H3. The zero-order chi connectivity index (χ0) is 13.0. The van der Waals surface area contributed by atoms with Crippen LogP contribution in [0.3, 0.4) is 0 Å². The van der Waals surface area contributed by atoms with Crippen molar-refractivity contribution in [2.45, 2.75) is 38.1 Å². The summed E-state index contributed by atoms with van der Waals surface area (Å²) in [5, 5.41) is 3.97. The van der Waals surface area contributed by atoms with E-state index in [1.165, 1.54) is 26.4 Å². The number of esters is 1. The highest BCUT2D eigenvalue weighted by Gasteiger charge is 2.19. The van der Waals surface area contributed by atoms with Crippen molar-refractivity contribution in [2.75, 3.05) is 12.4 Å². The molecule has 98 valence electrons. The van der Waals surface area contributed by atoms with Gasteiger partial charge in [0.05, 0.1) is 23.4 Å². The summed E-state index contributed by atoms with van der Waals surface area (Å²) < 4.78 is 4.78. The van der Waals surface area contributed by atoms with Crippen LogP contribution >= 0.6 is 11.6 Å². The van der Waals surface area contributed by atoms with Gasteiger partial charge in [0.2, 0.25) is 0 Å². The summed E-state index contributed by atoms with van der Waals surface area (Å²) in [4.78, 5) is 11.7. The maximum atomic E-state index is 11.7. The van der Waals surface area contributed by atoms with E-state index in [2.05, 4.69) is 5.32 Å². The molecule has 4 heteroatoms. The lowest BCUT2D eigenvalue weighted by molar-refractivity contribution is 0.0602. The van der Waals surface area contributed by atoms with Gasteiger partial charge in [-0.25, -0.2) is 4.79 Å². The SMILES string of the molecule is COC(=O)c1cccc(Cl)c1NC1CCCCC1. The molecule has 2 rings (SSSR count). The summed E-state index contributed by atoms with van der Waals surface area (Å²) in [6.07, 6.45) is 6.02. The van der Waals surface area contributed by atoms with Gasteiger partial charge in [-0.2, -0.15) is 0 Å². The van der Waals surface area contributed by atoms with Crippen molar-refractivity contribution in [1.29, 1.82) is 0 Å². The molecule has 0 spiro atoms. The lowest BCUT2D eigenvalue weighted by atomic mass is 9.95. The Morgan fingerprint density at radius 2 is 2.06 bits per heavy atom. The minimum absolute atomic E-state index is 0.351. The molecule has 0 unspecified atom stereocenters. The molecule has 0 bridgehead atoms. The average Bonchev–Trinajstić information content (AvgIpc) is 2.41. The fourth-order valence-electron chi connectivity index (χ4n) is 2.40. The van der Waals surface area contributed by atoms with E-state index in [1.807, 2.05) is 0 Å². The van der Waals surface area contributed by atoms with Crippen LogP contribution < -0.4 is 5.32 Å². The summed E-state index contributed by atoms with van der Waals surface area (Å²) in [5.41, 5.74) is 1.22. The highest BCUT2D eigenvalue weighted by molar-refractivity contribution is 6.34. The molecule has 0 amide bonds. The normalized spacial score (nSPS) is 16.3. The largest absolute Gasteiger partial charge is 0.465 e. The molecule has 1 aromatic rings. The molecule has 1 aliphatic rings. The van der Waals surface area contributed by atoms with Gasteiger partial charge >= 0.3 is 5.97 Å². The Morgan fingerprint density at radius 1 is 1.33 bits per heavy atom. The van der Waals surface area contributed by atoms with Crippen LogP contribution in [0.25, 0.3) is 0 Å². The second-order valence-electron chi connectivity index (χ2n) is 4.63. The zero-order valence-electron chi connectivity index (χ0n) is 10.5. The minimum Gasteiger partial charge on any atom is -0.465 e. The molecule has 0 aromatic heterocycles. The number of anilines is 1. The van der Waals surface area contributed by atoms with E-state index in [0.29, 0.717) is 22.3 Å². The number of nitrogens with one attached hydrogen (secondary N) is 1. The molecule has 1 aromatic carbocycles. The first-order chi connectivity index (χ1) is 8.72. The summed E-state index contributed by atoms with van der Waals surface area (Å²) in [6, 6.07) is 5.70. The molecule has 1 N–H and O–H groups in total. The molecule has 0 atom stereocenters. The van der Waals surface area contributed by atoms with E-state index in [9.17, 15) is 4.79 Å². The zero-order valence-corrected chi connectivity index (χ0v) is 11.3. The first-order valence-electron chi connectivity index (χ1n) is 6.35. The van der Waals surface area contributed by atoms with E-state index >= 15 is 0 Å².